The summed E-state index contributed by atoms with van der Waals surface area (Å²) in [6.07, 6.45) is 0.867. The van der Waals surface area contributed by atoms with Gasteiger partial charge in [-0.3, -0.25) is 4.90 Å². The van der Waals surface area contributed by atoms with E-state index < -0.39 is 0 Å². The van der Waals surface area contributed by atoms with Gasteiger partial charge >= 0.3 is 0 Å². The predicted molar refractivity (Wildman–Crippen MR) is 130 cm³/mol. The van der Waals surface area contributed by atoms with Gasteiger partial charge in [0.05, 0.1) is 0 Å². The number of benzene rings is 3. The maximum atomic E-state index is 5.95. The predicted octanol–water partition coefficient (Wildman–Crippen LogP) is 5.49. The second-order valence-electron chi connectivity index (χ2n) is 8.47. The van der Waals surface area contributed by atoms with E-state index in [0.29, 0.717) is 0 Å². The van der Waals surface area contributed by atoms with Crippen molar-refractivity contribution in [3.8, 4) is 22.8 Å². The van der Waals surface area contributed by atoms with Gasteiger partial charge in [0.2, 0.25) is 0 Å². The standard InChI is InChI=1S/C28H29N3O2/c1-3-8-23(9-4-1)22-31-18-16-30(17-19-31)15-14-27-21-28(29-33-27)24-10-7-13-26(20-24)32-25-11-5-2-6-12-25/h1-13,20-21H,14-19,22H2. The highest BCUT2D eigenvalue weighted by Gasteiger charge is 2.17. The Morgan fingerprint density at radius 1 is 0.727 bits per heavy atom. The molecule has 1 aromatic heterocycles. The molecule has 1 aliphatic rings. The van der Waals surface area contributed by atoms with E-state index >= 15 is 0 Å². The summed E-state index contributed by atoms with van der Waals surface area (Å²) >= 11 is 0. The average molecular weight is 440 g/mol. The highest BCUT2D eigenvalue weighted by molar-refractivity contribution is 5.61. The molecule has 33 heavy (non-hydrogen) atoms. The Bertz CT molecular complexity index is 1140. The summed E-state index contributed by atoms with van der Waals surface area (Å²) in [5.41, 5.74) is 3.22. The van der Waals surface area contributed by atoms with Crippen molar-refractivity contribution in [1.29, 1.82) is 0 Å². The molecule has 5 rings (SSSR count). The second kappa shape index (κ2) is 10.5. The van der Waals surface area contributed by atoms with Crippen LogP contribution in [0.4, 0.5) is 0 Å². The third-order valence-corrected chi connectivity index (χ3v) is 6.06. The van der Waals surface area contributed by atoms with E-state index in [1.54, 1.807) is 0 Å². The van der Waals surface area contributed by atoms with Crippen molar-refractivity contribution in [3.63, 3.8) is 0 Å². The van der Waals surface area contributed by atoms with Crippen LogP contribution in [0.15, 0.2) is 95.5 Å². The third-order valence-electron chi connectivity index (χ3n) is 6.06. The van der Waals surface area contributed by atoms with Gasteiger partial charge in [0.25, 0.3) is 0 Å². The largest absolute Gasteiger partial charge is 0.457 e. The Labute approximate surface area is 195 Å². The molecular formula is C28H29N3O2. The molecule has 0 saturated carbocycles. The van der Waals surface area contributed by atoms with Gasteiger partial charge in [0, 0.05) is 57.3 Å². The van der Waals surface area contributed by atoms with Gasteiger partial charge < -0.3 is 14.2 Å². The Morgan fingerprint density at radius 2 is 1.42 bits per heavy atom. The first-order valence-corrected chi connectivity index (χ1v) is 11.6. The molecule has 0 radical (unpaired) electrons. The lowest BCUT2D eigenvalue weighted by atomic mass is 10.1. The lowest BCUT2D eigenvalue weighted by molar-refractivity contribution is 0.126. The molecule has 0 bridgehead atoms. The zero-order chi connectivity index (χ0) is 22.3. The van der Waals surface area contributed by atoms with Crippen LogP contribution < -0.4 is 4.74 Å². The van der Waals surface area contributed by atoms with E-state index in [0.717, 1.165) is 74.2 Å². The summed E-state index contributed by atoms with van der Waals surface area (Å²) in [5, 5.41) is 4.30. The molecule has 0 unspecified atom stereocenters. The molecule has 0 aliphatic carbocycles. The van der Waals surface area contributed by atoms with Crippen LogP contribution in [0.25, 0.3) is 11.3 Å². The zero-order valence-electron chi connectivity index (χ0n) is 18.8. The Hall–Kier alpha value is -3.41. The molecule has 168 valence electrons. The lowest BCUT2D eigenvalue weighted by Crippen LogP contribution is -2.46. The summed E-state index contributed by atoms with van der Waals surface area (Å²) in [5.74, 6) is 2.53. The van der Waals surface area contributed by atoms with Crippen molar-refractivity contribution in [2.45, 2.75) is 13.0 Å². The molecule has 1 aliphatic heterocycles. The van der Waals surface area contributed by atoms with Crippen molar-refractivity contribution in [2.75, 3.05) is 32.7 Å². The van der Waals surface area contributed by atoms with Crippen LogP contribution in [0.1, 0.15) is 11.3 Å². The van der Waals surface area contributed by atoms with Crippen LogP contribution in [0.3, 0.4) is 0 Å². The fourth-order valence-electron chi connectivity index (χ4n) is 4.19. The normalized spacial score (nSPS) is 14.9. The molecule has 0 atom stereocenters. The minimum absolute atomic E-state index is 0.789. The number of rotatable bonds is 8. The highest BCUT2D eigenvalue weighted by atomic mass is 16.5. The number of ether oxygens (including phenoxy) is 1. The number of aromatic nitrogens is 1. The monoisotopic (exact) mass is 439 g/mol. The molecule has 0 N–H and O–H groups in total. The number of hydrogen-bond acceptors (Lipinski definition) is 5. The molecule has 5 nitrogen and oxygen atoms in total. The SMILES string of the molecule is c1ccc(CN2CCN(CCc3cc(-c4cccc(Oc5ccccc5)c4)no3)CC2)cc1. The molecule has 1 fully saturated rings. The fraction of sp³-hybridized carbons (Fsp3) is 0.250. The van der Waals surface area contributed by atoms with E-state index in [-0.39, 0.29) is 0 Å². The topological polar surface area (TPSA) is 41.7 Å². The Morgan fingerprint density at radius 3 is 2.21 bits per heavy atom. The van der Waals surface area contributed by atoms with Crippen molar-refractivity contribution >= 4 is 0 Å². The van der Waals surface area contributed by atoms with Crippen LogP contribution in [0, 0.1) is 0 Å². The Balaban J connectivity index is 1.12. The molecule has 0 amide bonds. The molecule has 1 saturated heterocycles. The average Bonchev–Trinajstić information content (AvgIpc) is 3.34. The van der Waals surface area contributed by atoms with Crippen molar-refractivity contribution in [3.05, 3.63) is 102 Å². The molecular weight excluding hydrogens is 410 g/mol. The van der Waals surface area contributed by atoms with Gasteiger partial charge in [-0.2, -0.15) is 0 Å². The quantitative estimate of drug-likeness (QED) is 0.363. The molecule has 2 heterocycles. The summed E-state index contributed by atoms with van der Waals surface area (Å²) in [6.45, 7) is 6.41. The maximum Gasteiger partial charge on any atom is 0.138 e. The van der Waals surface area contributed by atoms with E-state index in [1.807, 2.05) is 60.7 Å². The van der Waals surface area contributed by atoms with E-state index in [4.69, 9.17) is 9.26 Å². The van der Waals surface area contributed by atoms with Crippen molar-refractivity contribution in [2.24, 2.45) is 0 Å². The first kappa shape index (κ1) is 21.4. The van der Waals surface area contributed by atoms with Crippen molar-refractivity contribution < 1.29 is 9.26 Å². The van der Waals surface area contributed by atoms with Crippen LogP contribution in [-0.2, 0) is 13.0 Å². The molecule has 3 aromatic carbocycles. The van der Waals surface area contributed by atoms with Gasteiger partial charge in [-0.15, -0.1) is 0 Å². The van der Waals surface area contributed by atoms with E-state index in [1.165, 1.54) is 5.56 Å². The zero-order valence-corrected chi connectivity index (χ0v) is 18.8. The molecule has 0 spiro atoms. The third kappa shape index (κ3) is 5.89. The summed E-state index contributed by atoms with van der Waals surface area (Å²) in [6, 6.07) is 30.5. The minimum atomic E-state index is 0.789. The summed E-state index contributed by atoms with van der Waals surface area (Å²) in [7, 11) is 0. The minimum Gasteiger partial charge on any atom is -0.457 e. The maximum absolute atomic E-state index is 5.95. The first-order valence-electron chi connectivity index (χ1n) is 11.6. The van der Waals surface area contributed by atoms with Gasteiger partial charge in [0.15, 0.2) is 0 Å². The molecule has 5 heteroatoms. The van der Waals surface area contributed by atoms with Crippen LogP contribution in [0.2, 0.25) is 0 Å². The summed E-state index contributed by atoms with van der Waals surface area (Å²) < 4.78 is 11.6. The van der Waals surface area contributed by atoms with Gasteiger partial charge in [-0.1, -0.05) is 65.8 Å². The van der Waals surface area contributed by atoms with E-state index in [2.05, 4.69) is 45.3 Å². The van der Waals surface area contributed by atoms with Gasteiger partial charge in [0.1, 0.15) is 23.0 Å². The smallest absolute Gasteiger partial charge is 0.138 e. The van der Waals surface area contributed by atoms with Crippen LogP contribution in [-0.4, -0.2) is 47.7 Å². The number of para-hydroxylation sites is 1. The fourth-order valence-corrected chi connectivity index (χ4v) is 4.19. The van der Waals surface area contributed by atoms with Crippen LogP contribution >= 0.6 is 0 Å². The summed E-state index contributed by atoms with van der Waals surface area (Å²) in [4.78, 5) is 5.04. The first-order chi connectivity index (χ1) is 16.3. The highest BCUT2D eigenvalue weighted by Crippen LogP contribution is 2.27. The number of piperazine rings is 1. The number of nitrogens with zero attached hydrogens (tertiary/aromatic N) is 3. The van der Waals surface area contributed by atoms with Crippen LogP contribution in [0.5, 0.6) is 11.5 Å². The Kier molecular flexibility index (Phi) is 6.80. The number of hydrogen-bond donors (Lipinski definition) is 0. The van der Waals surface area contributed by atoms with E-state index in [9.17, 15) is 0 Å². The second-order valence-corrected chi connectivity index (χ2v) is 8.47. The lowest BCUT2D eigenvalue weighted by Gasteiger charge is -2.34. The molecule has 4 aromatic rings. The van der Waals surface area contributed by atoms with Gasteiger partial charge in [-0.25, -0.2) is 0 Å². The van der Waals surface area contributed by atoms with Crippen molar-refractivity contribution in [1.82, 2.24) is 15.0 Å². The van der Waals surface area contributed by atoms with Gasteiger partial charge in [-0.05, 0) is 29.8 Å².